The van der Waals surface area contributed by atoms with E-state index in [1.54, 1.807) is 0 Å². The Hall–Kier alpha value is -6.51. The summed E-state index contributed by atoms with van der Waals surface area (Å²) in [6.45, 7) is 11.1. The molecule has 54 heavy (non-hydrogen) atoms. The average Bonchev–Trinajstić information content (AvgIpc) is 3.84. The number of benzene rings is 6. The van der Waals surface area contributed by atoms with Crippen LogP contribution in [0.2, 0.25) is 0 Å². The lowest BCUT2D eigenvalue weighted by molar-refractivity contribution is 0.668. The molecule has 0 saturated heterocycles. The SMILES string of the molecule is C=CC1=C(/C=C\C)C2(c3ccccc31)c1ccccc1-c1cccc(-c3cccc(-c4ccc5oc6cccc(CN=C/C(C)=C/C=C\C)c6c5c4)c3)c12. The quantitative estimate of drug-likeness (QED) is 0.115. The zero-order chi connectivity index (χ0) is 36.8. The summed E-state index contributed by atoms with van der Waals surface area (Å²) in [5.74, 6) is 0. The molecule has 2 nitrogen and oxygen atoms in total. The molecule has 2 aliphatic carbocycles. The van der Waals surface area contributed by atoms with Crippen molar-refractivity contribution in [3.63, 3.8) is 0 Å². The van der Waals surface area contributed by atoms with Gasteiger partial charge in [0.15, 0.2) is 0 Å². The molecule has 9 rings (SSSR count). The average molecular weight is 696 g/mol. The normalized spacial score (nSPS) is 16.5. The van der Waals surface area contributed by atoms with Crippen LogP contribution in [0.4, 0.5) is 0 Å². The number of fused-ring (bicyclic) bond motifs is 10. The zero-order valence-electron chi connectivity index (χ0n) is 30.9. The number of allylic oxidation sites excluding steroid dienone is 9. The van der Waals surface area contributed by atoms with Crippen LogP contribution >= 0.6 is 0 Å². The van der Waals surface area contributed by atoms with Gasteiger partial charge in [0.25, 0.3) is 0 Å². The van der Waals surface area contributed by atoms with E-state index in [-0.39, 0.29) is 0 Å². The first-order chi connectivity index (χ1) is 26.6. The molecule has 0 aliphatic heterocycles. The summed E-state index contributed by atoms with van der Waals surface area (Å²) in [7, 11) is 0. The molecule has 0 amide bonds. The van der Waals surface area contributed by atoms with Gasteiger partial charge in [-0.3, -0.25) is 4.99 Å². The van der Waals surface area contributed by atoms with Crippen molar-refractivity contribution in [2.24, 2.45) is 4.99 Å². The van der Waals surface area contributed by atoms with E-state index in [4.69, 9.17) is 9.41 Å². The van der Waals surface area contributed by atoms with E-state index in [0.29, 0.717) is 6.54 Å². The number of hydrogen-bond acceptors (Lipinski definition) is 2. The fourth-order valence-electron chi connectivity index (χ4n) is 8.96. The molecule has 0 radical (unpaired) electrons. The van der Waals surface area contributed by atoms with E-state index >= 15 is 0 Å². The standard InChI is InChI=1S/C52H41NO/c1-5-8-17-34(4)32-53-33-38-20-14-27-49-50(38)44-31-36(28-29-48(44)54-49)35-18-13-19-37(30-35)40-23-15-24-43-42-22-10-12-26-47(42)52(51(40)43)45(16-6-2)39(7-3)41-21-9-11-25-46(41)52/h5-32H,3,33H2,1-2,4H3/b8-5-,16-6-,34-17+,53-32?. The zero-order valence-corrected chi connectivity index (χ0v) is 30.9. The van der Waals surface area contributed by atoms with Gasteiger partial charge in [-0.05, 0) is 123 Å². The molecule has 1 heterocycles. The summed E-state index contributed by atoms with van der Waals surface area (Å²) in [6.07, 6.45) is 14.6. The Morgan fingerprint density at radius 2 is 1.39 bits per heavy atom. The largest absolute Gasteiger partial charge is 0.456 e. The molecular formula is C52H41NO. The van der Waals surface area contributed by atoms with Crippen LogP contribution in [-0.2, 0) is 12.0 Å². The van der Waals surface area contributed by atoms with Crippen LogP contribution in [-0.4, -0.2) is 6.21 Å². The Morgan fingerprint density at radius 3 is 2.20 bits per heavy atom. The van der Waals surface area contributed by atoms with Gasteiger partial charge in [0.1, 0.15) is 11.2 Å². The van der Waals surface area contributed by atoms with Gasteiger partial charge in [-0.25, -0.2) is 0 Å². The van der Waals surface area contributed by atoms with Gasteiger partial charge in [-0.15, -0.1) is 0 Å². The molecular weight excluding hydrogens is 655 g/mol. The second kappa shape index (κ2) is 13.5. The van der Waals surface area contributed by atoms with Crippen molar-refractivity contribution in [2.45, 2.75) is 32.7 Å². The number of furan rings is 1. The van der Waals surface area contributed by atoms with Crippen LogP contribution in [0, 0.1) is 0 Å². The summed E-state index contributed by atoms with van der Waals surface area (Å²) < 4.78 is 6.38. The number of nitrogens with zero attached hydrogens (tertiary/aromatic N) is 1. The monoisotopic (exact) mass is 695 g/mol. The fraction of sp³-hybridized carbons (Fsp3) is 0.0962. The van der Waals surface area contributed by atoms with E-state index < -0.39 is 5.41 Å². The highest BCUT2D eigenvalue weighted by atomic mass is 16.3. The minimum absolute atomic E-state index is 0.473. The topological polar surface area (TPSA) is 25.5 Å². The second-order valence-electron chi connectivity index (χ2n) is 14.2. The van der Waals surface area contributed by atoms with E-state index in [1.807, 2.05) is 31.4 Å². The molecule has 2 aliphatic rings. The summed E-state index contributed by atoms with van der Waals surface area (Å²) in [5.41, 5.74) is 18.5. The minimum atomic E-state index is -0.473. The lowest BCUT2D eigenvalue weighted by Crippen LogP contribution is -2.27. The van der Waals surface area contributed by atoms with Gasteiger partial charge in [0, 0.05) is 17.0 Å². The molecule has 7 aromatic rings. The van der Waals surface area contributed by atoms with E-state index in [0.717, 1.165) is 44.2 Å². The third kappa shape index (κ3) is 5.05. The number of rotatable bonds is 8. The first-order valence-electron chi connectivity index (χ1n) is 18.8. The van der Waals surface area contributed by atoms with Crippen molar-refractivity contribution in [1.29, 1.82) is 0 Å². The molecule has 6 aromatic carbocycles. The van der Waals surface area contributed by atoms with Crippen molar-refractivity contribution >= 4 is 33.7 Å². The second-order valence-corrected chi connectivity index (χ2v) is 14.2. The van der Waals surface area contributed by atoms with Crippen LogP contribution in [0.1, 0.15) is 48.6 Å². The Morgan fingerprint density at radius 1 is 0.685 bits per heavy atom. The molecule has 260 valence electrons. The predicted octanol–water partition coefficient (Wildman–Crippen LogP) is 13.9. The highest BCUT2D eigenvalue weighted by Gasteiger charge is 2.52. The molecule has 0 saturated carbocycles. The number of hydrogen-bond donors (Lipinski definition) is 0. The first kappa shape index (κ1) is 33.3. The summed E-state index contributed by atoms with van der Waals surface area (Å²) >= 11 is 0. The maximum atomic E-state index is 6.38. The first-order valence-corrected chi connectivity index (χ1v) is 18.8. The highest BCUT2D eigenvalue weighted by molar-refractivity contribution is 6.08. The lowest BCUT2D eigenvalue weighted by Gasteiger charge is -2.33. The molecule has 0 bridgehead atoms. The Kier molecular flexibility index (Phi) is 8.32. The maximum Gasteiger partial charge on any atom is 0.135 e. The summed E-state index contributed by atoms with van der Waals surface area (Å²) in [6, 6.07) is 46.6. The van der Waals surface area contributed by atoms with E-state index in [9.17, 15) is 0 Å². The Balaban J connectivity index is 1.20. The van der Waals surface area contributed by atoms with Crippen molar-refractivity contribution in [3.05, 3.63) is 209 Å². The van der Waals surface area contributed by atoms with Gasteiger partial charge in [0.05, 0.1) is 12.0 Å². The van der Waals surface area contributed by atoms with Crippen LogP contribution in [0.5, 0.6) is 0 Å². The third-order valence-electron chi connectivity index (χ3n) is 11.1. The van der Waals surface area contributed by atoms with Crippen molar-refractivity contribution < 1.29 is 4.42 Å². The molecule has 1 unspecified atom stereocenters. The Labute approximate surface area is 317 Å². The smallest absolute Gasteiger partial charge is 0.135 e. The maximum absolute atomic E-state index is 6.38. The summed E-state index contributed by atoms with van der Waals surface area (Å²) in [4.78, 5) is 4.79. The molecule has 0 fully saturated rings. The molecule has 0 N–H and O–H groups in total. The van der Waals surface area contributed by atoms with Crippen molar-refractivity contribution in [1.82, 2.24) is 0 Å². The number of aliphatic imine (C=N–C) groups is 1. The van der Waals surface area contributed by atoms with Crippen molar-refractivity contribution in [2.75, 3.05) is 0 Å². The van der Waals surface area contributed by atoms with Gasteiger partial charge >= 0.3 is 0 Å². The third-order valence-corrected chi connectivity index (χ3v) is 11.1. The van der Waals surface area contributed by atoms with Crippen LogP contribution in [0.3, 0.4) is 0 Å². The molecule has 1 aromatic heterocycles. The van der Waals surface area contributed by atoms with Crippen LogP contribution in [0.25, 0.3) is 60.9 Å². The fourth-order valence-corrected chi connectivity index (χ4v) is 8.96. The predicted molar refractivity (Wildman–Crippen MR) is 229 cm³/mol. The van der Waals surface area contributed by atoms with E-state index in [2.05, 4.69) is 166 Å². The molecule has 2 heteroatoms. The summed E-state index contributed by atoms with van der Waals surface area (Å²) in [5, 5.41) is 2.23. The molecule has 1 spiro atoms. The molecule has 1 atom stereocenters. The Bertz CT molecular complexity index is 2800. The lowest BCUT2D eigenvalue weighted by atomic mass is 9.67. The van der Waals surface area contributed by atoms with Gasteiger partial charge in [0.2, 0.25) is 0 Å². The van der Waals surface area contributed by atoms with Gasteiger partial charge in [-0.1, -0.05) is 146 Å². The minimum Gasteiger partial charge on any atom is -0.456 e. The van der Waals surface area contributed by atoms with Crippen LogP contribution in [0.15, 0.2) is 191 Å². The van der Waals surface area contributed by atoms with Crippen LogP contribution < -0.4 is 0 Å². The van der Waals surface area contributed by atoms with Crippen molar-refractivity contribution in [3.8, 4) is 33.4 Å². The van der Waals surface area contributed by atoms with E-state index in [1.165, 1.54) is 55.7 Å². The highest BCUT2D eigenvalue weighted by Crippen LogP contribution is 2.64. The van der Waals surface area contributed by atoms with Gasteiger partial charge in [-0.2, -0.15) is 0 Å². The van der Waals surface area contributed by atoms with Gasteiger partial charge < -0.3 is 4.42 Å².